The fourth-order valence-electron chi connectivity index (χ4n) is 2.60. The topological polar surface area (TPSA) is 119 Å². The predicted molar refractivity (Wildman–Crippen MR) is 81.1 cm³/mol. The summed E-state index contributed by atoms with van der Waals surface area (Å²) >= 11 is 1.05. The lowest BCUT2D eigenvalue weighted by molar-refractivity contribution is -0.117. The van der Waals surface area contributed by atoms with Crippen LogP contribution in [-0.2, 0) is 4.79 Å². The summed E-state index contributed by atoms with van der Waals surface area (Å²) in [5.74, 6) is -1.34. The molecule has 1 saturated heterocycles. The van der Waals surface area contributed by atoms with Crippen LogP contribution in [0.15, 0.2) is 23.4 Å². The summed E-state index contributed by atoms with van der Waals surface area (Å²) < 4.78 is 0. The van der Waals surface area contributed by atoms with Crippen molar-refractivity contribution in [3.8, 4) is 0 Å². The van der Waals surface area contributed by atoms with Gasteiger partial charge in [0.15, 0.2) is 0 Å². The minimum Gasteiger partial charge on any atom is -0.477 e. The number of azide groups is 1. The number of anilines is 1. The van der Waals surface area contributed by atoms with E-state index in [9.17, 15) is 14.7 Å². The Hall–Kier alpha value is -2.64. The van der Waals surface area contributed by atoms with Gasteiger partial charge in [-0.15, -0.1) is 11.3 Å². The van der Waals surface area contributed by atoms with Gasteiger partial charge in [-0.05, 0) is 23.6 Å². The van der Waals surface area contributed by atoms with E-state index in [1.54, 1.807) is 18.3 Å². The van der Waals surface area contributed by atoms with Gasteiger partial charge in [0.05, 0.1) is 5.69 Å². The molecule has 1 aliphatic heterocycles. The lowest BCUT2D eigenvalue weighted by atomic mass is 10.1. The molecule has 1 amide bonds. The molecule has 0 saturated carbocycles. The molecule has 8 nitrogen and oxygen atoms in total. The van der Waals surface area contributed by atoms with Crippen molar-refractivity contribution in [2.45, 2.75) is 6.42 Å². The highest BCUT2D eigenvalue weighted by Crippen LogP contribution is 2.39. The maximum absolute atomic E-state index is 12.2. The highest BCUT2D eigenvalue weighted by molar-refractivity contribution is 7.21. The Labute approximate surface area is 128 Å². The average molecular weight is 317 g/mol. The summed E-state index contributed by atoms with van der Waals surface area (Å²) in [5, 5.41) is 13.6. The molecule has 22 heavy (non-hydrogen) atoms. The standard InChI is InChI=1S/C13H11N5O3S/c14-17-16-5-7-4-9(19)18(6-7)10-8-2-1-3-15-12(8)22-11(10)13(20)21/h1-3,7H,4-6H2,(H,20,21). The second kappa shape index (κ2) is 5.63. The van der Waals surface area contributed by atoms with Crippen LogP contribution in [0.25, 0.3) is 20.7 Å². The molecule has 2 aromatic heterocycles. The van der Waals surface area contributed by atoms with Crippen LogP contribution >= 0.6 is 11.3 Å². The number of aromatic carboxylic acids is 1. The van der Waals surface area contributed by atoms with Gasteiger partial charge in [0.1, 0.15) is 9.71 Å². The molecule has 0 radical (unpaired) electrons. The summed E-state index contributed by atoms with van der Waals surface area (Å²) in [7, 11) is 0. The molecule has 1 N–H and O–H groups in total. The summed E-state index contributed by atoms with van der Waals surface area (Å²) in [5.41, 5.74) is 8.77. The summed E-state index contributed by atoms with van der Waals surface area (Å²) in [6.07, 6.45) is 1.83. The Morgan fingerprint density at radius 1 is 1.64 bits per heavy atom. The fourth-order valence-corrected chi connectivity index (χ4v) is 3.59. The maximum Gasteiger partial charge on any atom is 0.348 e. The molecule has 1 fully saturated rings. The fraction of sp³-hybridized carbons (Fsp3) is 0.308. The van der Waals surface area contributed by atoms with Gasteiger partial charge in [0.25, 0.3) is 0 Å². The van der Waals surface area contributed by atoms with E-state index in [0.29, 0.717) is 22.4 Å². The van der Waals surface area contributed by atoms with E-state index in [1.807, 2.05) is 0 Å². The Bertz CT molecular complexity index is 811. The number of amides is 1. The highest BCUT2D eigenvalue weighted by Gasteiger charge is 2.34. The van der Waals surface area contributed by atoms with Gasteiger partial charge in [-0.1, -0.05) is 5.11 Å². The molecule has 0 aromatic carbocycles. The van der Waals surface area contributed by atoms with Crippen molar-refractivity contribution in [1.29, 1.82) is 0 Å². The van der Waals surface area contributed by atoms with Gasteiger partial charge in [-0.2, -0.15) is 0 Å². The number of pyridine rings is 1. The van der Waals surface area contributed by atoms with Crippen molar-refractivity contribution in [3.63, 3.8) is 0 Å². The van der Waals surface area contributed by atoms with Gasteiger partial charge in [0, 0.05) is 36.0 Å². The first-order valence-electron chi connectivity index (χ1n) is 6.54. The molecule has 9 heteroatoms. The van der Waals surface area contributed by atoms with E-state index in [1.165, 1.54) is 4.90 Å². The van der Waals surface area contributed by atoms with Crippen molar-refractivity contribution >= 4 is 39.1 Å². The molecule has 1 unspecified atom stereocenters. The van der Waals surface area contributed by atoms with Crippen LogP contribution in [0, 0.1) is 5.92 Å². The number of thiophene rings is 1. The van der Waals surface area contributed by atoms with E-state index >= 15 is 0 Å². The van der Waals surface area contributed by atoms with Gasteiger partial charge in [0.2, 0.25) is 5.91 Å². The molecular formula is C13H11N5O3S. The van der Waals surface area contributed by atoms with E-state index in [0.717, 1.165) is 11.3 Å². The minimum absolute atomic E-state index is 0.100. The van der Waals surface area contributed by atoms with E-state index in [4.69, 9.17) is 5.53 Å². The molecule has 112 valence electrons. The van der Waals surface area contributed by atoms with Crippen molar-refractivity contribution in [1.82, 2.24) is 4.98 Å². The van der Waals surface area contributed by atoms with Crippen LogP contribution in [0.5, 0.6) is 0 Å². The summed E-state index contributed by atoms with van der Waals surface area (Å²) in [6, 6.07) is 3.47. The van der Waals surface area contributed by atoms with Crippen LogP contribution < -0.4 is 4.90 Å². The van der Waals surface area contributed by atoms with Gasteiger partial charge in [-0.3, -0.25) is 4.79 Å². The normalized spacial score (nSPS) is 17.7. The van der Waals surface area contributed by atoms with Crippen LogP contribution in [0.3, 0.4) is 0 Å². The Morgan fingerprint density at radius 3 is 3.18 bits per heavy atom. The number of nitrogens with zero attached hydrogens (tertiary/aromatic N) is 5. The van der Waals surface area contributed by atoms with Gasteiger partial charge < -0.3 is 10.0 Å². The summed E-state index contributed by atoms with van der Waals surface area (Å²) in [4.78, 5) is 32.8. The molecule has 1 aliphatic rings. The molecule has 3 heterocycles. The Balaban J connectivity index is 2.05. The zero-order valence-electron chi connectivity index (χ0n) is 11.3. The zero-order valence-corrected chi connectivity index (χ0v) is 12.2. The van der Waals surface area contributed by atoms with E-state index < -0.39 is 5.97 Å². The SMILES string of the molecule is [N-]=[N+]=NCC1CC(=O)N(c2c(C(=O)O)sc3ncccc23)C1. The third-order valence-electron chi connectivity index (χ3n) is 3.51. The number of carbonyl (C=O) groups is 2. The number of rotatable bonds is 4. The zero-order chi connectivity index (χ0) is 15.7. The monoisotopic (exact) mass is 317 g/mol. The number of carbonyl (C=O) groups excluding carboxylic acids is 1. The smallest absolute Gasteiger partial charge is 0.348 e. The first kappa shape index (κ1) is 14.3. The van der Waals surface area contributed by atoms with Crippen LogP contribution in [0.2, 0.25) is 0 Å². The number of aromatic nitrogens is 1. The van der Waals surface area contributed by atoms with Crippen molar-refractivity contribution in [2.75, 3.05) is 18.0 Å². The first-order valence-corrected chi connectivity index (χ1v) is 7.35. The Morgan fingerprint density at radius 2 is 2.45 bits per heavy atom. The lowest BCUT2D eigenvalue weighted by Gasteiger charge is -2.16. The van der Waals surface area contributed by atoms with Gasteiger partial charge >= 0.3 is 5.97 Å². The molecule has 0 spiro atoms. The molecule has 2 aromatic rings. The van der Waals surface area contributed by atoms with Crippen molar-refractivity contribution < 1.29 is 14.7 Å². The number of hydrogen-bond acceptors (Lipinski definition) is 5. The van der Waals surface area contributed by atoms with Crippen LogP contribution in [0.4, 0.5) is 5.69 Å². The third kappa shape index (κ3) is 2.36. The number of carboxylic acid groups (broad SMARTS) is 1. The molecular weight excluding hydrogens is 306 g/mol. The predicted octanol–water partition coefficient (Wildman–Crippen LogP) is 2.66. The Kier molecular flexibility index (Phi) is 3.66. The number of fused-ring (bicyclic) bond motifs is 1. The molecule has 0 bridgehead atoms. The first-order chi connectivity index (χ1) is 10.6. The third-order valence-corrected chi connectivity index (χ3v) is 4.60. The van der Waals surface area contributed by atoms with Crippen LogP contribution in [0.1, 0.15) is 16.1 Å². The van der Waals surface area contributed by atoms with Crippen molar-refractivity contribution in [2.24, 2.45) is 11.0 Å². The molecule has 1 atom stereocenters. The van der Waals surface area contributed by atoms with Gasteiger partial charge in [-0.25, -0.2) is 9.78 Å². The quantitative estimate of drug-likeness (QED) is 0.529. The lowest BCUT2D eigenvalue weighted by Crippen LogP contribution is -2.26. The highest BCUT2D eigenvalue weighted by atomic mass is 32.1. The second-order valence-electron chi connectivity index (χ2n) is 4.93. The number of hydrogen-bond donors (Lipinski definition) is 1. The second-order valence-corrected chi connectivity index (χ2v) is 5.93. The van der Waals surface area contributed by atoms with E-state index in [-0.39, 0.29) is 29.7 Å². The minimum atomic E-state index is -1.08. The van der Waals surface area contributed by atoms with E-state index in [2.05, 4.69) is 15.0 Å². The van der Waals surface area contributed by atoms with Crippen LogP contribution in [-0.4, -0.2) is 35.1 Å². The maximum atomic E-state index is 12.2. The average Bonchev–Trinajstić information content (AvgIpc) is 3.05. The largest absolute Gasteiger partial charge is 0.477 e. The number of carboxylic acids is 1. The molecule has 0 aliphatic carbocycles. The van der Waals surface area contributed by atoms with Crippen molar-refractivity contribution in [3.05, 3.63) is 33.6 Å². The molecule has 3 rings (SSSR count). The summed E-state index contributed by atoms with van der Waals surface area (Å²) in [6.45, 7) is 0.570.